The number of benzene rings is 4. The minimum Gasteiger partial charge on any atom is -0.396 e. The third-order valence-corrected chi connectivity index (χ3v) is 14.2. The summed E-state index contributed by atoms with van der Waals surface area (Å²) in [6.45, 7) is 0.127. The summed E-state index contributed by atoms with van der Waals surface area (Å²) in [5.74, 6) is -0.104. The van der Waals surface area contributed by atoms with E-state index in [2.05, 4.69) is 36.8 Å². The fraction of sp³-hybridized carbons (Fsp3) is 0.364. The number of hydrogen-bond donors (Lipinski definition) is 4. The first-order chi connectivity index (χ1) is 30.5. The Balaban J connectivity index is 0.000000191. The molecule has 64 heavy (non-hydrogen) atoms. The summed E-state index contributed by atoms with van der Waals surface area (Å²) in [5.41, 5.74) is 6.10. The highest BCUT2D eigenvalue weighted by atomic mass is 79.9. The Morgan fingerprint density at radius 1 is 0.688 bits per heavy atom. The van der Waals surface area contributed by atoms with Gasteiger partial charge >= 0.3 is 0 Å². The van der Waals surface area contributed by atoms with E-state index in [4.69, 9.17) is 11.6 Å². The van der Waals surface area contributed by atoms with Crippen LogP contribution in [0.1, 0.15) is 82.5 Å². The maximum atomic E-state index is 12.9. The Morgan fingerprint density at radius 3 is 1.39 bits per heavy atom. The number of anilines is 2. The lowest BCUT2D eigenvalue weighted by Gasteiger charge is -2.25. The molecule has 0 spiro atoms. The standard InChI is InChI=1S/C22H25BrN4O4S.C22H25ClN4O4S/c2*1-24-22(29)21-18-12-17(14-4-5-14)20(26(10-3-11-28)32(2,30)31)13-19(18)25-27(21)16-8-6-15(23)7-9-16/h2*6-9,12-14,28H,3-5,10-11H2,1-2H3,(H,24,29). The van der Waals surface area contributed by atoms with E-state index < -0.39 is 20.0 Å². The number of carbonyl (C=O) groups is 2. The van der Waals surface area contributed by atoms with Crippen molar-refractivity contribution in [1.29, 1.82) is 0 Å². The first-order valence-corrected chi connectivity index (χ1v) is 25.6. The molecule has 0 unspecified atom stereocenters. The Morgan fingerprint density at radius 2 is 1.06 bits per heavy atom. The number of sulfonamides is 2. The molecule has 16 nitrogen and oxygen atoms in total. The molecule has 2 heterocycles. The molecule has 2 saturated carbocycles. The molecule has 0 bridgehead atoms. The van der Waals surface area contributed by atoms with Crippen LogP contribution >= 0.6 is 27.5 Å². The number of halogens is 2. The second kappa shape index (κ2) is 19.2. The number of fused-ring (bicyclic) bond motifs is 2. The zero-order valence-electron chi connectivity index (χ0n) is 35.8. The van der Waals surface area contributed by atoms with Crippen molar-refractivity contribution in [2.45, 2.75) is 50.4 Å². The average Bonchev–Trinajstić information content (AvgIpc) is 4.21. The Hall–Kier alpha value is -5.05. The molecule has 8 rings (SSSR count). The molecule has 340 valence electrons. The minimum absolute atomic E-state index is 0.105. The van der Waals surface area contributed by atoms with E-state index in [1.807, 2.05) is 36.4 Å². The van der Waals surface area contributed by atoms with Crippen LogP contribution in [0.5, 0.6) is 0 Å². The van der Waals surface area contributed by atoms with Crippen LogP contribution in [-0.2, 0) is 20.0 Å². The van der Waals surface area contributed by atoms with Crippen LogP contribution in [0.4, 0.5) is 11.4 Å². The van der Waals surface area contributed by atoms with Gasteiger partial charge in [-0.25, -0.2) is 26.2 Å². The number of aliphatic hydroxyl groups is 2. The SMILES string of the molecule is CNC(=O)c1c2cc(C3CC3)c(N(CCCO)S(C)(=O)=O)cc2nn1-c1ccc(Br)cc1.CNC(=O)c1c2cc(C3CC3)c(N(CCCO)S(C)(=O)=O)cc2nn1-c1ccc(Cl)cc1. The van der Waals surface area contributed by atoms with E-state index in [9.17, 15) is 36.6 Å². The zero-order chi connectivity index (χ0) is 46.1. The number of rotatable bonds is 16. The van der Waals surface area contributed by atoms with Crippen LogP contribution in [0.3, 0.4) is 0 Å². The molecule has 2 amide bonds. The van der Waals surface area contributed by atoms with Gasteiger partial charge in [-0.1, -0.05) is 27.5 Å². The van der Waals surface area contributed by atoms with E-state index in [-0.39, 0.29) is 50.0 Å². The lowest BCUT2D eigenvalue weighted by atomic mass is 10.0. The van der Waals surface area contributed by atoms with Crippen molar-refractivity contribution in [3.63, 3.8) is 0 Å². The summed E-state index contributed by atoms with van der Waals surface area (Å²) < 4.78 is 57.1. The highest BCUT2D eigenvalue weighted by Gasteiger charge is 2.34. The number of hydrogen-bond acceptors (Lipinski definition) is 10. The number of amides is 2. The van der Waals surface area contributed by atoms with Crippen LogP contribution in [-0.4, -0.2) is 111 Å². The van der Waals surface area contributed by atoms with Crippen molar-refractivity contribution in [3.8, 4) is 11.4 Å². The zero-order valence-corrected chi connectivity index (χ0v) is 39.7. The lowest BCUT2D eigenvalue weighted by molar-refractivity contribution is 0.0949. The largest absolute Gasteiger partial charge is 0.396 e. The topological polar surface area (TPSA) is 209 Å². The second-order valence-corrected chi connectivity index (χ2v) is 21.0. The van der Waals surface area contributed by atoms with Crippen molar-refractivity contribution >= 4 is 92.6 Å². The monoisotopic (exact) mass is 996 g/mol. The van der Waals surface area contributed by atoms with Crippen LogP contribution in [0.2, 0.25) is 5.02 Å². The molecule has 0 saturated heterocycles. The molecule has 4 N–H and O–H groups in total. The Kier molecular flexibility index (Phi) is 14.1. The lowest BCUT2D eigenvalue weighted by Crippen LogP contribution is -2.32. The smallest absolute Gasteiger partial charge is 0.270 e. The van der Waals surface area contributed by atoms with Crippen molar-refractivity contribution in [2.24, 2.45) is 0 Å². The van der Waals surface area contributed by atoms with Gasteiger partial charge < -0.3 is 20.8 Å². The molecule has 0 aliphatic heterocycles. The van der Waals surface area contributed by atoms with E-state index >= 15 is 0 Å². The quantitative estimate of drug-likeness (QED) is 0.0859. The van der Waals surface area contributed by atoms with Gasteiger partial charge in [0.1, 0.15) is 11.4 Å². The summed E-state index contributed by atoms with van der Waals surface area (Å²) in [6, 6.07) is 21.7. The molecule has 2 aromatic heterocycles. The molecular formula is C44H50BrClN8O8S2. The van der Waals surface area contributed by atoms with Crippen molar-refractivity contribution in [3.05, 3.63) is 105 Å². The van der Waals surface area contributed by atoms with Gasteiger partial charge in [0.05, 0.1) is 46.3 Å². The number of aromatic nitrogens is 4. The van der Waals surface area contributed by atoms with Gasteiger partial charge in [-0.15, -0.1) is 0 Å². The summed E-state index contributed by atoms with van der Waals surface area (Å²) >= 11 is 9.44. The number of nitrogens with one attached hydrogen (secondary N) is 2. The molecule has 2 fully saturated rings. The van der Waals surface area contributed by atoms with E-state index in [0.717, 1.165) is 53.2 Å². The van der Waals surface area contributed by atoms with Crippen LogP contribution in [0, 0.1) is 0 Å². The van der Waals surface area contributed by atoms with E-state index in [0.29, 0.717) is 68.1 Å². The van der Waals surface area contributed by atoms with Crippen molar-refractivity contribution in [2.75, 3.05) is 61.5 Å². The highest BCUT2D eigenvalue weighted by Crippen LogP contribution is 2.48. The second-order valence-electron chi connectivity index (χ2n) is 15.9. The summed E-state index contributed by atoms with van der Waals surface area (Å²) in [5, 5.41) is 35.1. The van der Waals surface area contributed by atoms with Crippen LogP contribution in [0.15, 0.2) is 77.3 Å². The summed E-state index contributed by atoms with van der Waals surface area (Å²) in [4.78, 5) is 25.7. The summed E-state index contributed by atoms with van der Waals surface area (Å²) in [6.07, 6.45) is 6.81. The molecular weight excluding hydrogens is 948 g/mol. The molecule has 2 aliphatic carbocycles. The predicted octanol–water partition coefficient (Wildman–Crippen LogP) is 6.24. The molecule has 6 aromatic rings. The molecule has 0 radical (unpaired) electrons. The highest BCUT2D eigenvalue weighted by molar-refractivity contribution is 9.10. The Bertz CT molecular complexity index is 2740. The van der Waals surface area contributed by atoms with Gasteiger partial charge in [-0.2, -0.15) is 10.2 Å². The molecule has 20 heteroatoms. The van der Waals surface area contributed by atoms with Gasteiger partial charge in [0.15, 0.2) is 0 Å². The van der Waals surface area contributed by atoms with Gasteiger partial charge in [0.25, 0.3) is 11.8 Å². The van der Waals surface area contributed by atoms with Crippen molar-refractivity contribution < 1.29 is 36.6 Å². The average molecular weight is 998 g/mol. The molecule has 0 atom stereocenters. The minimum atomic E-state index is -3.57. The maximum Gasteiger partial charge on any atom is 0.270 e. The first kappa shape index (κ1) is 46.9. The third kappa shape index (κ3) is 10.1. The molecule has 4 aromatic carbocycles. The van der Waals surface area contributed by atoms with Crippen LogP contribution in [0.25, 0.3) is 33.2 Å². The maximum absolute atomic E-state index is 12.9. The normalized spacial score (nSPS) is 14.0. The van der Waals surface area contributed by atoms with Crippen molar-refractivity contribution in [1.82, 2.24) is 30.2 Å². The third-order valence-electron chi connectivity index (χ3n) is 11.1. The predicted molar refractivity (Wildman–Crippen MR) is 253 cm³/mol. The van der Waals surface area contributed by atoms with Gasteiger partial charge in [-0.3, -0.25) is 18.2 Å². The number of aliphatic hydroxyl groups excluding tert-OH is 2. The van der Waals surface area contributed by atoms with Gasteiger partial charge in [-0.05, 0) is 134 Å². The number of carbonyl (C=O) groups excluding carboxylic acids is 2. The fourth-order valence-corrected chi connectivity index (χ4v) is 10.1. The van der Waals surface area contributed by atoms with Gasteiger partial charge in [0.2, 0.25) is 20.0 Å². The Labute approximate surface area is 385 Å². The molecule has 2 aliphatic rings. The first-order valence-electron chi connectivity index (χ1n) is 20.8. The summed E-state index contributed by atoms with van der Waals surface area (Å²) in [7, 11) is -4.01. The van der Waals surface area contributed by atoms with Gasteiger partial charge in [0, 0.05) is 60.7 Å². The fourth-order valence-electron chi connectivity index (χ4n) is 7.72. The van der Waals surface area contributed by atoms with E-state index in [1.165, 1.54) is 14.9 Å². The van der Waals surface area contributed by atoms with E-state index in [1.54, 1.807) is 59.9 Å². The van der Waals surface area contributed by atoms with Crippen LogP contribution < -0.4 is 19.2 Å². The number of nitrogens with zero attached hydrogens (tertiary/aromatic N) is 6.